The van der Waals surface area contributed by atoms with Crippen molar-refractivity contribution in [3.05, 3.63) is 35.9 Å². The second-order valence-corrected chi connectivity index (χ2v) is 6.67. The van der Waals surface area contributed by atoms with Gasteiger partial charge in [0.2, 0.25) is 0 Å². The predicted molar refractivity (Wildman–Crippen MR) is 81.6 cm³/mol. The van der Waals surface area contributed by atoms with Gasteiger partial charge < -0.3 is 9.64 Å². The number of hydrogen-bond acceptors (Lipinski definition) is 3. The fourth-order valence-electron chi connectivity index (χ4n) is 4.17. The maximum Gasteiger partial charge on any atom is 0.0546 e. The van der Waals surface area contributed by atoms with Crippen LogP contribution in [0.25, 0.3) is 0 Å². The standard InChI is InChI=1S/C17H26N2O/c1-18-9-8-16-11-19(10-15-6-4-3-5-7-15)13-17(16,12-18)14-20-2/h3-7,16H,8-14H2,1-2H3. The number of rotatable bonds is 4. The summed E-state index contributed by atoms with van der Waals surface area (Å²) in [4.78, 5) is 5.10. The summed E-state index contributed by atoms with van der Waals surface area (Å²) in [5, 5.41) is 0. The lowest BCUT2D eigenvalue weighted by Gasteiger charge is -2.42. The summed E-state index contributed by atoms with van der Waals surface area (Å²) < 4.78 is 5.58. The Labute approximate surface area is 122 Å². The molecule has 3 nitrogen and oxygen atoms in total. The molecule has 1 aromatic carbocycles. The minimum absolute atomic E-state index is 0.344. The van der Waals surface area contributed by atoms with E-state index in [1.165, 1.54) is 38.2 Å². The minimum Gasteiger partial charge on any atom is -0.384 e. The molecule has 2 heterocycles. The Morgan fingerprint density at radius 2 is 2.05 bits per heavy atom. The Hall–Kier alpha value is -0.900. The van der Waals surface area contributed by atoms with Crippen LogP contribution in [0, 0.1) is 11.3 Å². The maximum absolute atomic E-state index is 5.58. The molecule has 0 saturated carbocycles. The van der Waals surface area contributed by atoms with E-state index in [0.29, 0.717) is 5.41 Å². The third-order valence-corrected chi connectivity index (χ3v) is 5.01. The molecular weight excluding hydrogens is 248 g/mol. The highest BCUT2D eigenvalue weighted by atomic mass is 16.5. The van der Waals surface area contributed by atoms with Gasteiger partial charge in [-0.2, -0.15) is 0 Å². The van der Waals surface area contributed by atoms with E-state index in [4.69, 9.17) is 4.74 Å². The molecule has 0 aliphatic carbocycles. The number of likely N-dealkylation sites (tertiary alicyclic amines) is 2. The highest BCUT2D eigenvalue weighted by Crippen LogP contribution is 2.42. The van der Waals surface area contributed by atoms with Crippen LogP contribution in [0.4, 0.5) is 0 Å². The molecule has 3 rings (SSSR count). The van der Waals surface area contributed by atoms with E-state index in [9.17, 15) is 0 Å². The number of ether oxygens (including phenoxy) is 1. The normalized spacial score (nSPS) is 31.4. The molecule has 0 aromatic heterocycles. The topological polar surface area (TPSA) is 15.7 Å². The SMILES string of the molecule is COCC12CN(C)CCC1CN(Cc1ccccc1)C2. The molecule has 0 bridgehead atoms. The van der Waals surface area contributed by atoms with Gasteiger partial charge in [0.25, 0.3) is 0 Å². The van der Waals surface area contributed by atoms with Crippen molar-refractivity contribution in [1.82, 2.24) is 9.80 Å². The van der Waals surface area contributed by atoms with Crippen molar-refractivity contribution in [3.8, 4) is 0 Å². The smallest absolute Gasteiger partial charge is 0.0546 e. The first-order valence-electron chi connectivity index (χ1n) is 7.66. The van der Waals surface area contributed by atoms with Crippen molar-refractivity contribution in [2.24, 2.45) is 11.3 Å². The zero-order valence-corrected chi connectivity index (χ0v) is 12.7. The van der Waals surface area contributed by atoms with Gasteiger partial charge in [-0.05, 0) is 31.5 Å². The first kappa shape index (κ1) is 14.1. The highest BCUT2D eigenvalue weighted by molar-refractivity contribution is 5.15. The minimum atomic E-state index is 0.344. The monoisotopic (exact) mass is 274 g/mol. The molecule has 110 valence electrons. The van der Waals surface area contributed by atoms with Crippen molar-refractivity contribution < 1.29 is 4.74 Å². The van der Waals surface area contributed by atoms with E-state index in [1.54, 1.807) is 0 Å². The summed E-state index contributed by atoms with van der Waals surface area (Å²) in [5.74, 6) is 0.794. The number of methoxy groups -OCH3 is 1. The largest absolute Gasteiger partial charge is 0.384 e. The lowest BCUT2D eigenvalue weighted by molar-refractivity contribution is 0.00144. The van der Waals surface area contributed by atoms with Crippen LogP contribution in [-0.2, 0) is 11.3 Å². The molecule has 2 atom stereocenters. The van der Waals surface area contributed by atoms with Crippen LogP contribution in [0.3, 0.4) is 0 Å². The molecular formula is C17H26N2O. The van der Waals surface area contributed by atoms with Gasteiger partial charge in [0, 0.05) is 38.7 Å². The Balaban J connectivity index is 1.71. The van der Waals surface area contributed by atoms with Crippen LogP contribution in [0.5, 0.6) is 0 Å². The van der Waals surface area contributed by atoms with Gasteiger partial charge in [0.15, 0.2) is 0 Å². The summed E-state index contributed by atoms with van der Waals surface area (Å²) in [6, 6.07) is 10.8. The van der Waals surface area contributed by atoms with E-state index < -0.39 is 0 Å². The quantitative estimate of drug-likeness (QED) is 0.836. The molecule has 0 radical (unpaired) electrons. The van der Waals surface area contributed by atoms with E-state index >= 15 is 0 Å². The molecule has 2 fully saturated rings. The first-order chi connectivity index (χ1) is 9.72. The number of piperidine rings is 1. The van der Waals surface area contributed by atoms with Gasteiger partial charge in [-0.25, -0.2) is 0 Å². The predicted octanol–water partition coefficient (Wildman–Crippen LogP) is 2.09. The van der Waals surface area contributed by atoms with Crippen molar-refractivity contribution in [1.29, 1.82) is 0 Å². The van der Waals surface area contributed by atoms with Crippen LogP contribution in [-0.4, -0.2) is 56.7 Å². The molecule has 0 spiro atoms. The van der Waals surface area contributed by atoms with Crippen molar-refractivity contribution in [2.75, 3.05) is 46.9 Å². The summed E-state index contributed by atoms with van der Waals surface area (Å²) in [6.45, 7) is 6.78. The first-order valence-corrected chi connectivity index (χ1v) is 7.66. The molecule has 0 N–H and O–H groups in total. The molecule has 3 heteroatoms. The second-order valence-electron chi connectivity index (χ2n) is 6.67. The van der Waals surface area contributed by atoms with Gasteiger partial charge in [-0.1, -0.05) is 30.3 Å². The van der Waals surface area contributed by atoms with Gasteiger partial charge in [0.05, 0.1) is 6.61 Å². The molecule has 2 aliphatic heterocycles. The van der Waals surface area contributed by atoms with Crippen molar-refractivity contribution >= 4 is 0 Å². The summed E-state index contributed by atoms with van der Waals surface area (Å²) in [6.07, 6.45) is 1.31. The molecule has 0 amide bonds. The van der Waals surface area contributed by atoms with Crippen LogP contribution in [0.1, 0.15) is 12.0 Å². The third kappa shape index (κ3) is 2.76. The van der Waals surface area contributed by atoms with Gasteiger partial charge in [-0.15, -0.1) is 0 Å². The molecule has 2 saturated heterocycles. The van der Waals surface area contributed by atoms with E-state index in [1.807, 2.05) is 7.11 Å². The van der Waals surface area contributed by atoms with Gasteiger partial charge in [-0.3, -0.25) is 4.90 Å². The molecule has 1 aromatic rings. The maximum atomic E-state index is 5.58. The second kappa shape index (κ2) is 5.84. The molecule has 2 aliphatic rings. The Morgan fingerprint density at radius 1 is 1.25 bits per heavy atom. The number of nitrogens with zero attached hydrogens (tertiary/aromatic N) is 2. The lowest BCUT2D eigenvalue weighted by Crippen LogP contribution is -2.49. The van der Waals surface area contributed by atoms with E-state index in [2.05, 4.69) is 47.2 Å². The Bertz CT molecular complexity index is 436. The number of fused-ring (bicyclic) bond motifs is 1. The van der Waals surface area contributed by atoms with Crippen LogP contribution in [0.15, 0.2) is 30.3 Å². The Kier molecular flexibility index (Phi) is 4.11. The molecule has 20 heavy (non-hydrogen) atoms. The van der Waals surface area contributed by atoms with E-state index in [0.717, 1.165) is 19.1 Å². The van der Waals surface area contributed by atoms with Crippen LogP contribution >= 0.6 is 0 Å². The number of hydrogen-bond donors (Lipinski definition) is 0. The van der Waals surface area contributed by atoms with Gasteiger partial charge >= 0.3 is 0 Å². The highest BCUT2D eigenvalue weighted by Gasteiger charge is 2.48. The van der Waals surface area contributed by atoms with Crippen molar-refractivity contribution in [3.63, 3.8) is 0 Å². The zero-order chi connectivity index (χ0) is 14.0. The molecule has 2 unspecified atom stereocenters. The van der Waals surface area contributed by atoms with Crippen LogP contribution < -0.4 is 0 Å². The van der Waals surface area contributed by atoms with E-state index in [-0.39, 0.29) is 0 Å². The fourth-order valence-corrected chi connectivity index (χ4v) is 4.17. The van der Waals surface area contributed by atoms with Crippen LogP contribution in [0.2, 0.25) is 0 Å². The van der Waals surface area contributed by atoms with Crippen molar-refractivity contribution in [2.45, 2.75) is 13.0 Å². The van der Waals surface area contributed by atoms with Gasteiger partial charge in [0.1, 0.15) is 0 Å². The fraction of sp³-hybridized carbons (Fsp3) is 0.647. The summed E-state index contributed by atoms with van der Waals surface area (Å²) >= 11 is 0. The summed E-state index contributed by atoms with van der Waals surface area (Å²) in [5.41, 5.74) is 1.77. The zero-order valence-electron chi connectivity index (χ0n) is 12.7. The average molecular weight is 274 g/mol. The number of benzene rings is 1. The lowest BCUT2D eigenvalue weighted by atomic mass is 9.74. The Morgan fingerprint density at radius 3 is 2.80 bits per heavy atom. The third-order valence-electron chi connectivity index (χ3n) is 5.01. The average Bonchev–Trinajstić information content (AvgIpc) is 2.77. The summed E-state index contributed by atoms with van der Waals surface area (Å²) in [7, 11) is 4.09.